The third-order valence-electron chi connectivity index (χ3n) is 14.4. The fourth-order valence-electron chi connectivity index (χ4n) is 10.7. The van der Waals surface area contributed by atoms with Crippen molar-refractivity contribution in [2.75, 3.05) is 9.80 Å². The molecule has 1 unspecified atom stereocenters. The van der Waals surface area contributed by atoms with Crippen molar-refractivity contribution in [2.24, 2.45) is 5.92 Å². The lowest BCUT2D eigenvalue weighted by molar-refractivity contribution is 0.474. The number of anilines is 4. The van der Waals surface area contributed by atoms with E-state index in [9.17, 15) is 0 Å². The molecule has 0 bridgehead atoms. The number of aromatic nitrogens is 1. The number of fused-ring (bicyclic) bond motifs is 7. The zero-order valence-electron chi connectivity index (χ0n) is 39.9. The van der Waals surface area contributed by atoms with Gasteiger partial charge < -0.3 is 14.4 Å². The highest BCUT2D eigenvalue weighted by atomic mass is 15.2. The Balaban J connectivity index is 1.34. The molecule has 0 radical (unpaired) electrons. The van der Waals surface area contributed by atoms with Crippen molar-refractivity contribution < 1.29 is 0 Å². The Labute approximate surface area is 377 Å². The normalized spacial score (nSPS) is 17.9. The van der Waals surface area contributed by atoms with Gasteiger partial charge in [0.1, 0.15) is 0 Å². The molecule has 2 aliphatic heterocycles. The molecule has 0 amide bonds. The van der Waals surface area contributed by atoms with Gasteiger partial charge in [-0.05, 0) is 115 Å². The Morgan fingerprint density at radius 2 is 0.841 bits per heavy atom. The molecule has 3 nitrogen and oxygen atoms in total. The van der Waals surface area contributed by atoms with E-state index in [0.29, 0.717) is 0 Å². The molecule has 63 heavy (non-hydrogen) atoms. The van der Waals surface area contributed by atoms with Gasteiger partial charge in [0, 0.05) is 61.9 Å². The number of nitrogens with zero attached hydrogens (tertiary/aromatic N) is 3. The second-order valence-corrected chi connectivity index (χ2v) is 22.8. The summed E-state index contributed by atoms with van der Waals surface area (Å²) in [7, 11) is 0. The van der Waals surface area contributed by atoms with E-state index in [1.165, 1.54) is 94.6 Å². The van der Waals surface area contributed by atoms with Crippen LogP contribution >= 0.6 is 0 Å². The summed E-state index contributed by atoms with van der Waals surface area (Å²) < 4.78 is 2.65. The maximum absolute atomic E-state index is 2.66. The SMILES string of the molecule is CC1C2=C3B(c4cc(C(C)(C)C)ccc4N(c4ccc(C(C)(C)C)cc4)C3=C[C@@H]1n1c3ccccc3c3ccccc31)c1cc(C(C)(C)C)ccc1N2c1ccc(C(C)(C)C)cc1. The summed E-state index contributed by atoms with van der Waals surface area (Å²) in [6, 6.07) is 51.8. The smallest absolute Gasteiger partial charge is 0.251 e. The van der Waals surface area contributed by atoms with Crippen LogP contribution in [0.1, 0.15) is 118 Å². The molecule has 7 aromatic rings. The van der Waals surface area contributed by atoms with Crippen LogP contribution in [0.3, 0.4) is 0 Å². The van der Waals surface area contributed by atoms with Crippen LogP contribution in [0.25, 0.3) is 21.8 Å². The summed E-state index contributed by atoms with van der Waals surface area (Å²) in [6.07, 6.45) is 2.65. The molecule has 1 aromatic heterocycles. The van der Waals surface area contributed by atoms with Gasteiger partial charge in [-0.3, -0.25) is 0 Å². The number of rotatable bonds is 3. The second-order valence-electron chi connectivity index (χ2n) is 22.8. The van der Waals surface area contributed by atoms with E-state index >= 15 is 0 Å². The van der Waals surface area contributed by atoms with Crippen LogP contribution in [0.2, 0.25) is 0 Å². The molecule has 3 heterocycles. The van der Waals surface area contributed by atoms with Gasteiger partial charge in [-0.15, -0.1) is 0 Å². The summed E-state index contributed by atoms with van der Waals surface area (Å²) in [5.74, 6) is 0.112. The van der Waals surface area contributed by atoms with E-state index in [-0.39, 0.29) is 40.3 Å². The van der Waals surface area contributed by atoms with Gasteiger partial charge in [-0.25, -0.2) is 0 Å². The summed E-state index contributed by atoms with van der Waals surface area (Å²) in [5, 5.41) is 2.60. The molecule has 1 aliphatic carbocycles. The Morgan fingerprint density at radius 3 is 1.29 bits per heavy atom. The number of benzene rings is 6. The minimum atomic E-state index is -0.0192. The predicted octanol–water partition coefficient (Wildman–Crippen LogP) is 14.5. The molecule has 4 heteroatoms. The fourth-order valence-corrected chi connectivity index (χ4v) is 10.7. The number of allylic oxidation sites excluding steroid dienone is 3. The van der Waals surface area contributed by atoms with Gasteiger partial charge in [0.25, 0.3) is 6.71 Å². The molecule has 2 atom stereocenters. The van der Waals surface area contributed by atoms with Gasteiger partial charge in [-0.1, -0.05) is 175 Å². The molecule has 0 saturated heterocycles. The van der Waals surface area contributed by atoms with E-state index in [1.54, 1.807) is 0 Å². The standard InChI is InChI=1S/C59H64BN3/c1-37-52(63-48-20-16-14-18-44(48)45-19-15-17-21-49(45)63)36-53-54-55(37)62(43-30-24-39(25-31-43)57(5,6)7)51-33-27-41(59(11,12)13)35-47(51)60(54)46-34-40(58(8,9)10)26-32-50(46)61(53)42-28-22-38(23-29-42)56(2,3)4/h14-37,52H,1-13H3/t37?,52-/m0/s1. The average Bonchev–Trinajstić information content (AvgIpc) is 3.57. The summed E-state index contributed by atoms with van der Waals surface area (Å²) >= 11 is 0. The highest BCUT2D eigenvalue weighted by Crippen LogP contribution is 2.53. The molecule has 0 spiro atoms. The number of hydrogen-bond acceptors (Lipinski definition) is 2. The third-order valence-corrected chi connectivity index (χ3v) is 14.4. The van der Waals surface area contributed by atoms with Crippen LogP contribution < -0.4 is 20.7 Å². The van der Waals surface area contributed by atoms with Crippen molar-refractivity contribution in [2.45, 2.75) is 118 Å². The minimum absolute atomic E-state index is 0.0164. The quantitative estimate of drug-likeness (QED) is 0.164. The topological polar surface area (TPSA) is 11.4 Å². The summed E-state index contributed by atoms with van der Waals surface area (Å²) in [5.41, 5.74) is 19.8. The average molecular weight is 826 g/mol. The highest BCUT2D eigenvalue weighted by Gasteiger charge is 2.50. The van der Waals surface area contributed by atoms with Crippen molar-refractivity contribution in [3.63, 3.8) is 0 Å². The lowest BCUT2D eigenvalue weighted by Crippen LogP contribution is -2.58. The first-order chi connectivity index (χ1) is 29.7. The number of hydrogen-bond donors (Lipinski definition) is 0. The monoisotopic (exact) mass is 826 g/mol. The first kappa shape index (κ1) is 41.3. The van der Waals surface area contributed by atoms with Crippen molar-refractivity contribution >= 4 is 62.2 Å². The molecule has 10 rings (SSSR count). The lowest BCUT2D eigenvalue weighted by atomic mass is 9.31. The Bertz CT molecular complexity index is 2950. The predicted molar refractivity (Wildman–Crippen MR) is 273 cm³/mol. The molecule has 6 aromatic carbocycles. The Kier molecular flexibility index (Phi) is 9.26. The molecular weight excluding hydrogens is 761 g/mol. The Morgan fingerprint density at radius 1 is 0.444 bits per heavy atom. The van der Waals surface area contributed by atoms with Gasteiger partial charge in [0.15, 0.2) is 0 Å². The summed E-state index contributed by atoms with van der Waals surface area (Å²) in [6.45, 7) is 30.5. The maximum atomic E-state index is 2.66. The van der Waals surface area contributed by atoms with Crippen molar-refractivity contribution in [1.82, 2.24) is 4.57 Å². The largest absolute Gasteiger partial charge is 0.333 e. The van der Waals surface area contributed by atoms with Crippen molar-refractivity contribution in [1.29, 1.82) is 0 Å². The molecular formula is C59H64BN3. The van der Waals surface area contributed by atoms with Gasteiger partial charge in [-0.2, -0.15) is 0 Å². The fraction of sp³-hybridized carbons (Fsp3) is 0.322. The van der Waals surface area contributed by atoms with Crippen molar-refractivity contribution in [3.05, 3.63) is 179 Å². The molecule has 0 fully saturated rings. The zero-order valence-corrected chi connectivity index (χ0v) is 39.9. The van der Waals surface area contributed by atoms with E-state index in [2.05, 4.69) is 244 Å². The minimum Gasteiger partial charge on any atom is -0.333 e. The maximum Gasteiger partial charge on any atom is 0.251 e. The first-order valence-corrected chi connectivity index (χ1v) is 23.3. The lowest BCUT2D eigenvalue weighted by Gasteiger charge is -2.51. The second kappa shape index (κ2) is 14.1. The van der Waals surface area contributed by atoms with E-state index < -0.39 is 0 Å². The van der Waals surface area contributed by atoms with E-state index in [0.717, 1.165) is 0 Å². The third kappa shape index (κ3) is 6.61. The Hall–Kier alpha value is -5.74. The van der Waals surface area contributed by atoms with Crippen LogP contribution in [-0.4, -0.2) is 11.3 Å². The summed E-state index contributed by atoms with van der Waals surface area (Å²) in [4.78, 5) is 5.28. The first-order valence-electron chi connectivity index (χ1n) is 23.3. The van der Waals surface area contributed by atoms with Crippen LogP contribution in [-0.2, 0) is 21.7 Å². The molecule has 0 saturated carbocycles. The number of para-hydroxylation sites is 2. The molecule has 3 aliphatic rings. The van der Waals surface area contributed by atoms with E-state index in [4.69, 9.17) is 0 Å². The van der Waals surface area contributed by atoms with Crippen molar-refractivity contribution in [3.8, 4) is 0 Å². The highest BCUT2D eigenvalue weighted by molar-refractivity contribution is 6.94. The van der Waals surface area contributed by atoms with Crippen LogP contribution in [0.4, 0.5) is 22.7 Å². The molecule has 318 valence electrons. The van der Waals surface area contributed by atoms with E-state index in [1.807, 2.05) is 0 Å². The van der Waals surface area contributed by atoms with Gasteiger partial charge in [0.05, 0.1) is 6.04 Å². The van der Waals surface area contributed by atoms with Gasteiger partial charge in [0.2, 0.25) is 0 Å². The van der Waals surface area contributed by atoms with Crippen LogP contribution in [0, 0.1) is 5.92 Å². The van der Waals surface area contributed by atoms with Gasteiger partial charge >= 0.3 is 0 Å². The molecule has 0 N–H and O–H groups in total. The van der Waals surface area contributed by atoms with Crippen LogP contribution in [0.5, 0.6) is 0 Å². The zero-order chi connectivity index (χ0) is 44.5. The van der Waals surface area contributed by atoms with Crippen LogP contribution in [0.15, 0.2) is 156 Å².